The lowest BCUT2D eigenvalue weighted by molar-refractivity contribution is -0.136. The first-order valence-electron chi connectivity index (χ1n) is 10.1. The number of methoxy groups -OCH3 is 1. The Morgan fingerprint density at radius 3 is 2.62 bits per heavy atom. The fourth-order valence-electron chi connectivity index (χ4n) is 4.11. The van der Waals surface area contributed by atoms with Gasteiger partial charge in [-0.15, -0.1) is 0 Å². The summed E-state index contributed by atoms with van der Waals surface area (Å²) < 4.78 is 19.2. The van der Waals surface area contributed by atoms with E-state index in [4.69, 9.17) is 15.5 Å². The average molecular weight is 397 g/mol. The molecule has 0 saturated carbocycles. The molecular weight excluding hydrogens is 369 g/mol. The summed E-state index contributed by atoms with van der Waals surface area (Å²) in [6.07, 6.45) is 3.09. The minimum atomic E-state index is -0.544. The lowest BCUT2D eigenvalue weighted by Gasteiger charge is -2.32. The summed E-state index contributed by atoms with van der Waals surface area (Å²) in [5.41, 5.74) is 11.7. The predicted molar refractivity (Wildman–Crippen MR) is 113 cm³/mol. The Morgan fingerprint density at radius 2 is 2.03 bits per heavy atom. The van der Waals surface area contributed by atoms with Gasteiger partial charge >= 0.3 is 5.97 Å². The van der Waals surface area contributed by atoms with Crippen molar-refractivity contribution in [3.05, 3.63) is 63.7 Å². The first-order valence-corrected chi connectivity index (χ1v) is 10.1. The maximum atomic E-state index is 14.1. The Labute approximate surface area is 171 Å². The molecule has 1 aromatic carbocycles. The van der Waals surface area contributed by atoms with Crippen LogP contribution in [0.15, 0.2) is 35.5 Å². The molecule has 0 fully saturated rings. The van der Waals surface area contributed by atoms with Gasteiger partial charge in [0.25, 0.3) is 0 Å². The Morgan fingerprint density at radius 1 is 1.28 bits per heavy atom. The fourth-order valence-corrected chi connectivity index (χ4v) is 4.11. The highest BCUT2D eigenvalue weighted by Gasteiger charge is 2.37. The van der Waals surface area contributed by atoms with E-state index >= 15 is 0 Å². The molecule has 3 N–H and O–H groups in total. The van der Waals surface area contributed by atoms with E-state index < -0.39 is 11.9 Å². The standard InChI is InChI=1S/C23H28FN3O2/c1-5-9-17-15(6-2)21(25)20-18(13-10-8-11-14(24)12-13)19(23(28)29-4)16(7-3)26-22(20)27-17/h8,10-12,18H,5-7,9H2,1-4H3,(H3,25,26,27). The maximum Gasteiger partial charge on any atom is 0.336 e. The van der Waals surface area contributed by atoms with E-state index in [1.807, 2.05) is 19.9 Å². The van der Waals surface area contributed by atoms with Gasteiger partial charge in [0.15, 0.2) is 0 Å². The molecule has 0 spiro atoms. The van der Waals surface area contributed by atoms with Gasteiger partial charge in [-0.3, -0.25) is 0 Å². The number of carbonyl (C=O) groups excluding carboxylic acids is 1. The number of nitrogens with one attached hydrogen (secondary N) is 1. The van der Waals surface area contributed by atoms with Crippen molar-refractivity contribution in [2.45, 2.75) is 52.4 Å². The van der Waals surface area contributed by atoms with E-state index in [0.29, 0.717) is 34.6 Å². The molecule has 3 rings (SSSR count). The zero-order valence-electron chi connectivity index (χ0n) is 17.4. The van der Waals surface area contributed by atoms with Gasteiger partial charge < -0.3 is 15.8 Å². The predicted octanol–water partition coefficient (Wildman–Crippen LogP) is 4.71. The number of benzene rings is 1. The van der Waals surface area contributed by atoms with E-state index in [9.17, 15) is 9.18 Å². The van der Waals surface area contributed by atoms with Gasteiger partial charge in [-0.2, -0.15) is 0 Å². The van der Waals surface area contributed by atoms with E-state index in [1.54, 1.807) is 6.07 Å². The van der Waals surface area contributed by atoms with Crippen molar-refractivity contribution in [1.82, 2.24) is 4.98 Å². The second-order valence-corrected chi connectivity index (χ2v) is 7.17. The van der Waals surface area contributed by atoms with Crippen molar-refractivity contribution in [3.63, 3.8) is 0 Å². The summed E-state index contributed by atoms with van der Waals surface area (Å²) in [4.78, 5) is 17.7. The third-order valence-electron chi connectivity index (χ3n) is 5.42. The number of aromatic nitrogens is 1. The second-order valence-electron chi connectivity index (χ2n) is 7.17. The van der Waals surface area contributed by atoms with Crippen molar-refractivity contribution >= 4 is 17.5 Å². The number of aryl methyl sites for hydroxylation is 1. The molecule has 2 heterocycles. The van der Waals surface area contributed by atoms with Crippen LogP contribution in [0.4, 0.5) is 15.9 Å². The molecule has 0 radical (unpaired) electrons. The molecule has 6 heteroatoms. The first kappa shape index (κ1) is 20.8. The topological polar surface area (TPSA) is 77.2 Å². The number of halogens is 1. The summed E-state index contributed by atoms with van der Waals surface area (Å²) in [6.45, 7) is 6.10. The van der Waals surface area contributed by atoms with Gasteiger partial charge in [0.2, 0.25) is 0 Å². The Bertz CT molecular complexity index is 969. The number of hydrogen-bond donors (Lipinski definition) is 2. The number of rotatable bonds is 6. The van der Waals surface area contributed by atoms with Crippen LogP contribution in [0.3, 0.4) is 0 Å². The second kappa shape index (κ2) is 8.64. The molecule has 0 saturated heterocycles. The highest BCUT2D eigenvalue weighted by molar-refractivity contribution is 5.95. The van der Waals surface area contributed by atoms with Crippen LogP contribution in [0.25, 0.3) is 0 Å². The number of pyridine rings is 1. The smallest absolute Gasteiger partial charge is 0.336 e. The van der Waals surface area contributed by atoms with Gasteiger partial charge in [0.05, 0.1) is 12.7 Å². The zero-order chi connectivity index (χ0) is 21.1. The number of nitrogens with zero attached hydrogens (tertiary/aromatic N) is 1. The van der Waals surface area contributed by atoms with E-state index in [1.165, 1.54) is 19.2 Å². The molecular formula is C23H28FN3O2. The summed E-state index contributed by atoms with van der Waals surface area (Å²) in [7, 11) is 1.35. The van der Waals surface area contributed by atoms with Crippen LogP contribution < -0.4 is 11.1 Å². The van der Waals surface area contributed by atoms with Crippen LogP contribution in [-0.2, 0) is 22.4 Å². The number of ether oxygens (including phenoxy) is 1. The summed E-state index contributed by atoms with van der Waals surface area (Å²) in [6, 6.07) is 6.28. The van der Waals surface area contributed by atoms with Gasteiger partial charge in [-0.05, 0) is 42.5 Å². The lowest BCUT2D eigenvalue weighted by Crippen LogP contribution is -2.27. The minimum Gasteiger partial charge on any atom is -0.466 e. The number of nitrogens with two attached hydrogens (primary N) is 1. The Kier molecular flexibility index (Phi) is 6.20. The van der Waals surface area contributed by atoms with Crippen molar-refractivity contribution < 1.29 is 13.9 Å². The third kappa shape index (κ3) is 3.71. The summed E-state index contributed by atoms with van der Waals surface area (Å²) >= 11 is 0. The number of hydrogen-bond acceptors (Lipinski definition) is 5. The largest absolute Gasteiger partial charge is 0.466 e. The van der Waals surface area contributed by atoms with Crippen LogP contribution in [0.2, 0.25) is 0 Å². The zero-order valence-corrected chi connectivity index (χ0v) is 17.4. The van der Waals surface area contributed by atoms with Crippen LogP contribution in [-0.4, -0.2) is 18.1 Å². The van der Waals surface area contributed by atoms with Crippen LogP contribution in [0.5, 0.6) is 0 Å². The molecule has 1 unspecified atom stereocenters. The molecule has 5 nitrogen and oxygen atoms in total. The highest BCUT2D eigenvalue weighted by Crippen LogP contribution is 2.46. The molecule has 1 aromatic heterocycles. The molecule has 1 aliphatic rings. The number of esters is 1. The normalized spacial score (nSPS) is 15.7. The van der Waals surface area contributed by atoms with Gasteiger partial charge in [0, 0.05) is 28.6 Å². The van der Waals surface area contributed by atoms with E-state index in [0.717, 1.165) is 36.2 Å². The van der Waals surface area contributed by atoms with Crippen LogP contribution in [0, 0.1) is 5.82 Å². The average Bonchev–Trinajstić information content (AvgIpc) is 2.72. The quantitative estimate of drug-likeness (QED) is 0.690. The summed E-state index contributed by atoms with van der Waals surface area (Å²) in [5, 5.41) is 3.31. The molecule has 2 aromatic rings. The molecule has 154 valence electrons. The van der Waals surface area contributed by atoms with Crippen molar-refractivity contribution in [3.8, 4) is 0 Å². The molecule has 29 heavy (non-hydrogen) atoms. The van der Waals surface area contributed by atoms with Crippen molar-refractivity contribution in [1.29, 1.82) is 0 Å². The van der Waals surface area contributed by atoms with Crippen LogP contribution in [0.1, 0.15) is 61.9 Å². The van der Waals surface area contributed by atoms with Crippen LogP contribution >= 0.6 is 0 Å². The Hall–Kier alpha value is -2.89. The maximum absolute atomic E-state index is 14.1. The minimum absolute atomic E-state index is 0.366. The molecule has 0 bridgehead atoms. The van der Waals surface area contributed by atoms with Gasteiger partial charge in [-0.25, -0.2) is 14.2 Å². The highest BCUT2D eigenvalue weighted by atomic mass is 19.1. The number of fused-ring (bicyclic) bond motifs is 1. The Balaban J connectivity index is 2.35. The molecule has 0 amide bonds. The summed E-state index contributed by atoms with van der Waals surface area (Å²) in [5.74, 6) is -0.723. The van der Waals surface area contributed by atoms with E-state index in [-0.39, 0.29) is 5.82 Å². The number of anilines is 2. The number of allylic oxidation sites excluding steroid dienone is 1. The molecule has 1 atom stereocenters. The van der Waals surface area contributed by atoms with Gasteiger partial charge in [0.1, 0.15) is 11.6 Å². The van der Waals surface area contributed by atoms with Crippen molar-refractivity contribution in [2.24, 2.45) is 0 Å². The SMILES string of the molecule is CCCc1nc2c(c(N)c1CC)C(c1cccc(F)c1)C(C(=O)OC)=C(CC)N2. The van der Waals surface area contributed by atoms with Crippen molar-refractivity contribution in [2.75, 3.05) is 18.2 Å². The lowest BCUT2D eigenvalue weighted by atomic mass is 9.79. The third-order valence-corrected chi connectivity index (χ3v) is 5.42. The monoisotopic (exact) mass is 397 g/mol. The molecule has 1 aliphatic heterocycles. The van der Waals surface area contributed by atoms with E-state index in [2.05, 4.69) is 12.2 Å². The number of nitrogen functional groups attached to an aromatic ring is 1. The molecule has 0 aliphatic carbocycles. The number of carbonyl (C=O) groups is 1. The fraction of sp³-hybridized carbons (Fsp3) is 0.391. The van der Waals surface area contributed by atoms with Gasteiger partial charge in [-0.1, -0.05) is 39.3 Å². The first-order chi connectivity index (χ1) is 14.0.